The zero-order valence-electron chi connectivity index (χ0n) is 19.7. The highest BCUT2D eigenvalue weighted by Crippen LogP contribution is 2.36. The standard InChI is InChI=1S/C26H32N4O4/c1-18(2)16-30(21-6-4-3-5-7-21)24-13-12-22(34-17-25(31)32)14-23(24)29-26(33)28-20-10-8-19(15-27)9-11-20/h8-14,18,21H,3-7,16-17H2,1-2H3,(H,31,32)(H2,28,29,33). The third-order valence-electron chi connectivity index (χ3n) is 5.74. The van der Waals surface area contributed by atoms with Crippen molar-refractivity contribution in [3.05, 3.63) is 48.0 Å². The van der Waals surface area contributed by atoms with Gasteiger partial charge in [-0.15, -0.1) is 0 Å². The Morgan fingerprint density at radius 3 is 2.44 bits per heavy atom. The largest absolute Gasteiger partial charge is 0.482 e. The first-order valence-electron chi connectivity index (χ1n) is 11.7. The molecule has 0 radical (unpaired) electrons. The fraction of sp³-hybridized carbons (Fsp3) is 0.423. The predicted molar refractivity (Wildman–Crippen MR) is 132 cm³/mol. The highest BCUT2D eigenvalue weighted by Gasteiger charge is 2.25. The van der Waals surface area contributed by atoms with Gasteiger partial charge in [0, 0.05) is 24.3 Å². The molecule has 1 aliphatic carbocycles. The van der Waals surface area contributed by atoms with Crippen LogP contribution in [0.25, 0.3) is 0 Å². The van der Waals surface area contributed by atoms with Gasteiger partial charge in [0.2, 0.25) is 0 Å². The third kappa shape index (κ3) is 7.14. The normalized spacial score (nSPS) is 13.7. The number of aliphatic carboxylic acids is 1. The highest BCUT2D eigenvalue weighted by atomic mass is 16.5. The lowest BCUT2D eigenvalue weighted by Crippen LogP contribution is -2.40. The van der Waals surface area contributed by atoms with E-state index in [1.807, 2.05) is 6.07 Å². The number of anilines is 3. The van der Waals surface area contributed by atoms with Gasteiger partial charge in [-0.3, -0.25) is 0 Å². The number of rotatable bonds is 9. The Morgan fingerprint density at radius 2 is 1.82 bits per heavy atom. The minimum Gasteiger partial charge on any atom is -0.482 e. The molecule has 2 amide bonds. The van der Waals surface area contributed by atoms with Gasteiger partial charge in [-0.25, -0.2) is 9.59 Å². The van der Waals surface area contributed by atoms with Crippen molar-refractivity contribution in [3.63, 3.8) is 0 Å². The quantitative estimate of drug-likeness (QED) is 0.454. The van der Waals surface area contributed by atoms with E-state index in [-0.39, 0.29) is 0 Å². The molecule has 0 saturated heterocycles. The average molecular weight is 465 g/mol. The Labute approximate surface area is 200 Å². The molecule has 2 aromatic carbocycles. The molecule has 8 nitrogen and oxygen atoms in total. The van der Waals surface area contributed by atoms with Crippen LogP contribution >= 0.6 is 0 Å². The van der Waals surface area contributed by atoms with Crippen LogP contribution in [-0.2, 0) is 4.79 Å². The Morgan fingerprint density at radius 1 is 1.12 bits per heavy atom. The van der Waals surface area contributed by atoms with E-state index in [4.69, 9.17) is 15.1 Å². The van der Waals surface area contributed by atoms with Gasteiger partial charge < -0.3 is 25.4 Å². The van der Waals surface area contributed by atoms with Gasteiger partial charge in [0.15, 0.2) is 6.61 Å². The summed E-state index contributed by atoms with van der Waals surface area (Å²) >= 11 is 0. The molecule has 2 aromatic rings. The summed E-state index contributed by atoms with van der Waals surface area (Å²) in [5, 5.41) is 23.6. The van der Waals surface area contributed by atoms with Crippen molar-refractivity contribution in [2.45, 2.75) is 52.0 Å². The lowest BCUT2D eigenvalue weighted by atomic mass is 9.93. The van der Waals surface area contributed by atoms with E-state index in [9.17, 15) is 9.59 Å². The number of ether oxygens (including phenoxy) is 1. The fourth-order valence-corrected chi connectivity index (χ4v) is 4.24. The van der Waals surface area contributed by atoms with Crippen LogP contribution in [0.5, 0.6) is 5.75 Å². The van der Waals surface area contributed by atoms with E-state index in [1.54, 1.807) is 36.4 Å². The number of hydrogen-bond acceptors (Lipinski definition) is 5. The Bertz CT molecular complexity index is 1020. The molecule has 34 heavy (non-hydrogen) atoms. The van der Waals surface area contributed by atoms with E-state index in [2.05, 4.69) is 35.5 Å². The predicted octanol–water partition coefficient (Wildman–Crippen LogP) is 5.46. The van der Waals surface area contributed by atoms with Gasteiger partial charge in [-0.05, 0) is 55.2 Å². The number of carbonyl (C=O) groups is 2. The molecule has 0 atom stereocenters. The summed E-state index contributed by atoms with van der Waals surface area (Å²) < 4.78 is 5.37. The molecule has 0 aromatic heterocycles. The summed E-state index contributed by atoms with van der Waals surface area (Å²) in [5.41, 5.74) is 2.51. The zero-order valence-corrected chi connectivity index (χ0v) is 19.7. The van der Waals surface area contributed by atoms with Gasteiger partial charge in [0.25, 0.3) is 0 Å². The first kappa shape index (κ1) is 24.9. The lowest BCUT2D eigenvalue weighted by molar-refractivity contribution is -0.139. The number of nitrogens with one attached hydrogen (secondary N) is 2. The molecule has 0 heterocycles. The molecule has 1 saturated carbocycles. The average Bonchev–Trinajstić information content (AvgIpc) is 2.82. The maximum atomic E-state index is 12.8. The van der Waals surface area contributed by atoms with Crippen LogP contribution in [0.1, 0.15) is 51.5 Å². The second-order valence-corrected chi connectivity index (χ2v) is 8.97. The number of urea groups is 1. The minimum atomic E-state index is -1.07. The molecular formula is C26H32N4O4. The van der Waals surface area contributed by atoms with Crippen LogP contribution in [0.15, 0.2) is 42.5 Å². The molecule has 1 fully saturated rings. The molecule has 3 rings (SSSR count). The number of carbonyl (C=O) groups excluding carboxylic acids is 1. The molecule has 0 aliphatic heterocycles. The van der Waals surface area contributed by atoms with Crippen LogP contribution < -0.4 is 20.3 Å². The van der Waals surface area contributed by atoms with Gasteiger partial charge >= 0.3 is 12.0 Å². The molecule has 3 N–H and O–H groups in total. The lowest BCUT2D eigenvalue weighted by Gasteiger charge is -2.38. The van der Waals surface area contributed by atoms with Crippen LogP contribution in [0.3, 0.4) is 0 Å². The Kier molecular flexibility index (Phi) is 8.74. The molecule has 0 bridgehead atoms. The van der Waals surface area contributed by atoms with E-state index in [1.165, 1.54) is 19.3 Å². The van der Waals surface area contributed by atoms with E-state index >= 15 is 0 Å². The molecule has 180 valence electrons. The molecule has 0 unspecified atom stereocenters. The highest BCUT2D eigenvalue weighted by molar-refractivity contribution is 6.02. The summed E-state index contributed by atoms with van der Waals surface area (Å²) in [4.78, 5) is 26.2. The van der Waals surface area contributed by atoms with Crippen molar-refractivity contribution in [2.24, 2.45) is 5.92 Å². The van der Waals surface area contributed by atoms with Crippen molar-refractivity contribution in [1.82, 2.24) is 0 Å². The maximum absolute atomic E-state index is 12.8. The van der Waals surface area contributed by atoms with Gasteiger partial charge in [-0.1, -0.05) is 33.1 Å². The number of carboxylic acid groups (broad SMARTS) is 1. The molecule has 1 aliphatic rings. The topological polar surface area (TPSA) is 115 Å². The summed E-state index contributed by atoms with van der Waals surface area (Å²) in [6.07, 6.45) is 5.80. The summed E-state index contributed by atoms with van der Waals surface area (Å²) in [5.74, 6) is -0.279. The number of carboxylic acids is 1. The van der Waals surface area contributed by atoms with Crippen LogP contribution in [-0.4, -0.2) is 36.3 Å². The Hall–Kier alpha value is -3.73. The van der Waals surface area contributed by atoms with E-state index in [0.717, 1.165) is 25.1 Å². The maximum Gasteiger partial charge on any atom is 0.341 e. The summed E-state index contributed by atoms with van der Waals surface area (Å²) in [6, 6.07) is 13.9. The second kappa shape index (κ2) is 11.9. The van der Waals surface area contributed by atoms with Crippen molar-refractivity contribution < 1.29 is 19.4 Å². The fourth-order valence-electron chi connectivity index (χ4n) is 4.24. The van der Waals surface area contributed by atoms with E-state index < -0.39 is 18.6 Å². The van der Waals surface area contributed by atoms with Crippen LogP contribution in [0.4, 0.5) is 21.9 Å². The van der Waals surface area contributed by atoms with Crippen LogP contribution in [0.2, 0.25) is 0 Å². The zero-order chi connectivity index (χ0) is 24.5. The molecule has 0 spiro atoms. The van der Waals surface area contributed by atoms with Gasteiger partial charge in [0.05, 0.1) is 23.0 Å². The summed E-state index contributed by atoms with van der Waals surface area (Å²) in [6.45, 7) is 4.72. The smallest absolute Gasteiger partial charge is 0.341 e. The number of hydrogen-bond donors (Lipinski definition) is 3. The number of amides is 2. The molecule has 8 heteroatoms. The molecular weight excluding hydrogens is 432 g/mol. The second-order valence-electron chi connectivity index (χ2n) is 8.97. The van der Waals surface area contributed by atoms with Crippen LogP contribution in [0, 0.1) is 17.2 Å². The van der Waals surface area contributed by atoms with Gasteiger partial charge in [-0.2, -0.15) is 5.26 Å². The van der Waals surface area contributed by atoms with E-state index in [0.29, 0.717) is 34.6 Å². The SMILES string of the molecule is CC(C)CN(c1ccc(OCC(=O)O)cc1NC(=O)Nc1ccc(C#N)cc1)C1CCCCC1. The van der Waals surface area contributed by atoms with Crippen molar-refractivity contribution in [3.8, 4) is 11.8 Å². The van der Waals surface area contributed by atoms with Gasteiger partial charge in [0.1, 0.15) is 5.75 Å². The summed E-state index contributed by atoms with van der Waals surface area (Å²) in [7, 11) is 0. The Balaban J connectivity index is 1.88. The van der Waals surface area contributed by atoms with Crippen molar-refractivity contribution in [1.29, 1.82) is 5.26 Å². The third-order valence-corrected chi connectivity index (χ3v) is 5.74. The minimum absolute atomic E-state index is 0.368. The monoisotopic (exact) mass is 464 g/mol. The first-order valence-corrected chi connectivity index (χ1v) is 11.7. The number of benzene rings is 2. The number of nitriles is 1. The first-order chi connectivity index (χ1) is 16.4. The van der Waals surface area contributed by atoms with Crippen molar-refractivity contribution >= 4 is 29.1 Å². The van der Waals surface area contributed by atoms with Crippen molar-refractivity contribution in [2.75, 3.05) is 28.7 Å². The number of nitrogens with zero attached hydrogens (tertiary/aromatic N) is 2.